The number of hydrogen-bond donors (Lipinski definition) is 1. The van der Waals surface area contributed by atoms with Crippen LogP contribution in [0.5, 0.6) is 0 Å². The minimum atomic E-state index is -0.298. The Labute approximate surface area is 96.1 Å². The Kier molecular flexibility index (Phi) is 4.73. The second-order valence-corrected chi connectivity index (χ2v) is 3.71. The summed E-state index contributed by atoms with van der Waals surface area (Å²) in [6.07, 6.45) is 0. The first-order valence-electron chi connectivity index (χ1n) is 5.16. The predicted octanol–water partition coefficient (Wildman–Crippen LogP) is 2.14. The van der Waals surface area contributed by atoms with E-state index in [1.807, 2.05) is 25.1 Å². The lowest BCUT2D eigenvalue weighted by Gasteiger charge is -2.08. The van der Waals surface area contributed by atoms with Crippen molar-refractivity contribution in [2.24, 2.45) is 0 Å². The second-order valence-electron chi connectivity index (χ2n) is 3.71. The van der Waals surface area contributed by atoms with Gasteiger partial charge in [-0.05, 0) is 18.6 Å². The van der Waals surface area contributed by atoms with Gasteiger partial charge in [0.2, 0.25) is 0 Å². The molecule has 0 fully saturated rings. The molecule has 3 heteroatoms. The van der Waals surface area contributed by atoms with Crippen molar-refractivity contribution in [3.63, 3.8) is 0 Å². The highest BCUT2D eigenvalue weighted by atomic mass is 16.5. The third-order valence-electron chi connectivity index (χ3n) is 2.16. The quantitative estimate of drug-likeness (QED) is 0.609. The molecular weight excluding hydrogens is 202 g/mol. The van der Waals surface area contributed by atoms with Gasteiger partial charge in [0.1, 0.15) is 0 Å². The molecule has 0 bridgehead atoms. The van der Waals surface area contributed by atoms with E-state index in [0.29, 0.717) is 12.1 Å². The molecule has 86 valence electrons. The van der Waals surface area contributed by atoms with Crippen molar-refractivity contribution in [1.29, 1.82) is 0 Å². The van der Waals surface area contributed by atoms with E-state index in [2.05, 4.69) is 11.9 Å². The number of esters is 1. The number of nitrogens with one attached hydrogen (secondary N) is 1. The standard InChI is InChI=1S/C13H17NO2/c1-10(2)8-14-9-11-6-4-5-7-12(11)13(15)16-3/h4-7,14H,1,8-9H2,2-3H3. The highest BCUT2D eigenvalue weighted by molar-refractivity contribution is 5.90. The van der Waals surface area contributed by atoms with Gasteiger partial charge < -0.3 is 10.1 Å². The van der Waals surface area contributed by atoms with Crippen LogP contribution < -0.4 is 5.32 Å². The van der Waals surface area contributed by atoms with Crippen LogP contribution in [0.3, 0.4) is 0 Å². The van der Waals surface area contributed by atoms with Crippen LogP contribution in [-0.2, 0) is 11.3 Å². The maximum absolute atomic E-state index is 11.5. The summed E-state index contributed by atoms with van der Waals surface area (Å²) in [7, 11) is 1.39. The first-order valence-corrected chi connectivity index (χ1v) is 5.16. The molecule has 1 rings (SSSR count). The summed E-state index contributed by atoms with van der Waals surface area (Å²) in [6.45, 7) is 7.15. The molecule has 3 nitrogen and oxygen atoms in total. The monoisotopic (exact) mass is 219 g/mol. The lowest BCUT2D eigenvalue weighted by Crippen LogP contribution is -2.17. The minimum absolute atomic E-state index is 0.298. The molecule has 0 amide bonds. The Balaban J connectivity index is 2.71. The molecule has 0 saturated carbocycles. The van der Waals surface area contributed by atoms with Crippen LogP contribution in [0, 0.1) is 0 Å². The summed E-state index contributed by atoms with van der Waals surface area (Å²) < 4.78 is 4.72. The third-order valence-corrected chi connectivity index (χ3v) is 2.16. The summed E-state index contributed by atoms with van der Waals surface area (Å²) in [6, 6.07) is 7.42. The predicted molar refractivity (Wildman–Crippen MR) is 64.3 cm³/mol. The molecular formula is C13H17NO2. The number of ether oxygens (including phenoxy) is 1. The van der Waals surface area contributed by atoms with Crippen LogP contribution in [0.4, 0.5) is 0 Å². The number of carbonyl (C=O) groups is 1. The summed E-state index contributed by atoms with van der Waals surface area (Å²) in [5, 5.41) is 3.21. The van der Waals surface area contributed by atoms with Crippen LogP contribution in [0.1, 0.15) is 22.8 Å². The van der Waals surface area contributed by atoms with E-state index in [9.17, 15) is 4.79 Å². The fourth-order valence-electron chi connectivity index (χ4n) is 1.39. The molecule has 1 aromatic rings. The fraction of sp³-hybridized carbons (Fsp3) is 0.308. The highest BCUT2D eigenvalue weighted by Crippen LogP contribution is 2.09. The Morgan fingerprint density at radius 2 is 2.12 bits per heavy atom. The van der Waals surface area contributed by atoms with Crippen LogP contribution >= 0.6 is 0 Å². The summed E-state index contributed by atoms with van der Waals surface area (Å²) in [5.41, 5.74) is 2.62. The molecule has 0 spiro atoms. The van der Waals surface area contributed by atoms with Crippen LogP contribution in [0.15, 0.2) is 36.4 Å². The first-order chi connectivity index (χ1) is 7.65. The molecule has 0 aliphatic rings. The van der Waals surface area contributed by atoms with Gasteiger partial charge in [0.05, 0.1) is 12.7 Å². The molecule has 0 radical (unpaired) electrons. The van der Waals surface area contributed by atoms with Crippen molar-refractivity contribution in [2.45, 2.75) is 13.5 Å². The van der Waals surface area contributed by atoms with Crippen molar-refractivity contribution >= 4 is 5.97 Å². The van der Waals surface area contributed by atoms with Crippen molar-refractivity contribution in [3.8, 4) is 0 Å². The lowest BCUT2D eigenvalue weighted by atomic mass is 10.1. The van der Waals surface area contributed by atoms with Crippen molar-refractivity contribution in [2.75, 3.05) is 13.7 Å². The van der Waals surface area contributed by atoms with Gasteiger partial charge in [-0.3, -0.25) is 0 Å². The van der Waals surface area contributed by atoms with Gasteiger partial charge in [-0.15, -0.1) is 0 Å². The average Bonchev–Trinajstić information content (AvgIpc) is 2.28. The molecule has 0 aliphatic carbocycles. The number of hydrogen-bond acceptors (Lipinski definition) is 3. The lowest BCUT2D eigenvalue weighted by molar-refractivity contribution is 0.0599. The van der Waals surface area contributed by atoms with Gasteiger partial charge in [0.25, 0.3) is 0 Å². The Hall–Kier alpha value is -1.61. The van der Waals surface area contributed by atoms with Crippen molar-refractivity contribution in [3.05, 3.63) is 47.5 Å². The van der Waals surface area contributed by atoms with Crippen LogP contribution in [-0.4, -0.2) is 19.6 Å². The SMILES string of the molecule is C=C(C)CNCc1ccccc1C(=O)OC. The van der Waals surface area contributed by atoms with Crippen molar-refractivity contribution < 1.29 is 9.53 Å². The van der Waals surface area contributed by atoms with Crippen LogP contribution in [0.2, 0.25) is 0 Å². The smallest absolute Gasteiger partial charge is 0.338 e. The summed E-state index contributed by atoms with van der Waals surface area (Å²) in [5.74, 6) is -0.298. The highest BCUT2D eigenvalue weighted by Gasteiger charge is 2.09. The van der Waals surface area contributed by atoms with Gasteiger partial charge in [-0.1, -0.05) is 30.4 Å². The Morgan fingerprint density at radius 1 is 1.44 bits per heavy atom. The minimum Gasteiger partial charge on any atom is -0.465 e. The van der Waals surface area contributed by atoms with E-state index in [1.54, 1.807) is 6.07 Å². The van der Waals surface area contributed by atoms with E-state index in [0.717, 1.165) is 17.7 Å². The molecule has 1 N–H and O–H groups in total. The third kappa shape index (κ3) is 3.51. The number of benzene rings is 1. The molecule has 0 unspecified atom stereocenters. The van der Waals surface area contributed by atoms with E-state index in [-0.39, 0.29) is 5.97 Å². The largest absolute Gasteiger partial charge is 0.465 e. The van der Waals surface area contributed by atoms with E-state index in [4.69, 9.17) is 4.74 Å². The normalized spacial score (nSPS) is 9.88. The molecule has 0 aliphatic heterocycles. The van der Waals surface area contributed by atoms with Gasteiger partial charge in [-0.25, -0.2) is 4.79 Å². The second kappa shape index (κ2) is 6.08. The zero-order valence-corrected chi connectivity index (χ0v) is 9.75. The summed E-state index contributed by atoms with van der Waals surface area (Å²) >= 11 is 0. The number of carbonyl (C=O) groups excluding carboxylic acids is 1. The Bertz CT molecular complexity index is 385. The van der Waals surface area contributed by atoms with Crippen molar-refractivity contribution in [1.82, 2.24) is 5.32 Å². The van der Waals surface area contributed by atoms with Gasteiger partial charge in [-0.2, -0.15) is 0 Å². The molecule has 1 aromatic carbocycles. The fourth-order valence-corrected chi connectivity index (χ4v) is 1.39. The zero-order valence-electron chi connectivity index (χ0n) is 9.75. The molecule has 16 heavy (non-hydrogen) atoms. The van der Waals surface area contributed by atoms with Gasteiger partial charge >= 0.3 is 5.97 Å². The summed E-state index contributed by atoms with van der Waals surface area (Å²) in [4.78, 5) is 11.5. The molecule has 0 heterocycles. The average molecular weight is 219 g/mol. The number of methoxy groups -OCH3 is 1. The zero-order chi connectivity index (χ0) is 12.0. The Morgan fingerprint density at radius 3 is 2.75 bits per heavy atom. The number of rotatable bonds is 5. The maximum atomic E-state index is 11.5. The van der Waals surface area contributed by atoms with E-state index >= 15 is 0 Å². The molecule has 0 atom stereocenters. The van der Waals surface area contributed by atoms with Gasteiger partial charge in [0, 0.05) is 13.1 Å². The van der Waals surface area contributed by atoms with Crippen LogP contribution in [0.25, 0.3) is 0 Å². The van der Waals surface area contributed by atoms with Gasteiger partial charge in [0.15, 0.2) is 0 Å². The van der Waals surface area contributed by atoms with E-state index in [1.165, 1.54) is 7.11 Å². The molecule has 0 aromatic heterocycles. The molecule has 0 saturated heterocycles. The maximum Gasteiger partial charge on any atom is 0.338 e. The first kappa shape index (κ1) is 12.5. The van der Waals surface area contributed by atoms with E-state index < -0.39 is 0 Å². The topological polar surface area (TPSA) is 38.3 Å².